The smallest absolute Gasteiger partial charge is 0.326 e. The molecule has 2 aliphatic rings. The van der Waals surface area contributed by atoms with E-state index in [4.69, 9.17) is 14.2 Å². The summed E-state index contributed by atoms with van der Waals surface area (Å²) in [6.45, 7) is 2.64. The minimum Gasteiger partial charge on any atom is -0.486 e. The summed E-state index contributed by atoms with van der Waals surface area (Å²) in [5.74, 6) is -0.525. The van der Waals surface area contributed by atoms with Crippen molar-refractivity contribution in [3.8, 4) is 11.5 Å². The molecule has 3 heterocycles. The molecule has 11 heteroatoms. The molecule has 0 spiro atoms. The van der Waals surface area contributed by atoms with Crippen molar-refractivity contribution >= 4 is 50.9 Å². The van der Waals surface area contributed by atoms with E-state index in [2.05, 4.69) is 4.99 Å². The van der Waals surface area contributed by atoms with Gasteiger partial charge in [-0.15, -0.1) is 0 Å². The highest BCUT2D eigenvalue weighted by Gasteiger charge is 2.30. The van der Waals surface area contributed by atoms with E-state index in [9.17, 15) is 19.2 Å². The molecule has 0 saturated carbocycles. The van der Waals surface area contributed by atoms with E-state index in [0.29, 0.717) is 40.7 Å². The molecule has 0 atom stereocenters. The lowest BCUT2D eigenvalue weighted by molar-refractivity contribution is -0.143. The highest BCUT2D eigenvalue weighted by Crippen LogP contribution is 2.35. The maximum atomic E-state index is 13.1. The van der Waals surface area contributed by atoms with Crippen molar-refractivity contribution < 1.29 is 33.4 Å². The fraction of sp³-hybridized carbons (Fsp3) is 0.292. The van der Waals surface area contributed by atoms with Gasteiger partial charge in [0.25, 0.3) is 5.91 Å². The Morgan fingerprint density at radius 1 is 1.06 bits per heavy atom. The van der Waals surface area contributed by atoms with Crippen molar-refractivity contribution in [2.75, 3.05) is 24.7 Å². The number of ether oxygens (including phenoxy) is 3. The van der Waals surface area contributed by atoms with Gasteiger partial charge in [-0.25, -0.2) is 0 Å². The summed E-state index contributed by atoms with van der Waals surface area (Å²) in [7, 11) is 0. The van der Waals surface area contributed by atoms with E-state index in [-0.39, 0.29) is 43.4 Å². The minimum absolute atomic E-state index is 0.142. The first kappa shape index (κ1) is 22.8. The first-order chi connectivity index (χ1) is 16.9. The molecular weight excluding hydrogens is 474 g/mol. The van der Waals surface area contributed by atoms with Gasteiger partial charge >= 0.3 is 5.97 Å². The quantitative estimate of drug-likeness (QED) is 0.394. The molecule has 2 aromatic carbocycles. The highest BCUT2D eigenvalue weighted by atomic mass is 32.1. The van der Waals surface area contributed by atoms with Crippen molar-refractivity contribution in [2.45, 2.75) is 26.3 Å². The molecule has 0 unspecified atom stereocenters. The van der Waals surface area contributed by atoms with Crippen molar-refractivity contribution in [1.29, 1.82) is 0 Å². The molecule has 0 radical (unpaired) electrons. The average Bonchev–Trinajstić information content (AvgIpc) is 3.35. The average molecular weight is 496 g/mol. The van der Waals surface area contributed by atoms with Crippen LogP contribution in [0.1, 0.15) is 30.1 Å². The van der Waals surface area contributed by atoms with Gasteiger partial charge < -0.3 is 18.8 Å². The molecule has 0 aliphatic carbocycles. The van der Waals surface area contributed by atoms with Gasteiger partial charge in [0, 0.05) is 30.5 Å². The van der Waals surface area contributed by atoms with Gasteiger partial charge in [-0.3, -0.25) is 24.1 Å². The Morgan fingerprint density at radius 2 is 1.77 bits per heavy atom. The molecule has 0 bridgehead atoms. The van der Waals surface area contributed by atoms with Crippen LogP contribution in [0.15, 0.2) is 41.4 Å². The number of anilines is 1. The van der Waals surface area contributed by atoms with Crippen LogP contribution < -0.4 is 19.2 Å². The van der Waals surface area contributed by atoms with Gasteiger partial charge in [-0.1, -0.05) is 17.4 Å². The zero-order valence-corrected chi connectivity index (χ0v) is 19.6. The number of nitrogens with zero attached hydrogens (tertiary/aromatic N) is 3. The Kier molecular flexibility index (Phi) is 6.08. The van der Waals surface area contributed by atoms with E-state index < -0.39 is 11.9 Å². The Bertz CT molecular complexity index is 1420. The number of thiazole rings is 1. The Morgan fingerprint density at radius 3 is 2.49 bits per heavy atom. The second-order valence-corrected chi connectivity index (χ2v) is 8.84. The zero-order chi connectivity index (χ0) is 24.5. The van der Waals surface area contributed by atoms with Gasteiger partial charge in [0.2, 0.25) is 11.8 Å². The number of hydrogen-bond acceptors (Lipinski definition) is 8. The van der Waals surface area contributed by atoms with Crippen molar-refractivity contribution in [1.82, 2.24) is 4.57 Å². The second-order valence-electron chi connectivity index (χ2n) is 7.83. The summed E-state index contributed by atoms with van der Waals surface area (Å²) in [5, 5.41) is 0. The van der Waals surface area contributed by atoms with Crippen LogP contribution in [0.5, 0.6) is 11.5 Å². The van der Waals surface area contributed by atoms with Gasteiger partial charge in [-0.05, 0) is 25.1 Å². The molecule has 35 heavy (non-hydrogen) atoms. The number of aromatic nitrogens is 1. The molecule has 0 N–H and O–H groups in total. The van der Waals surface area contributed by atoms with E-state index in [1.54, 1.807) is 41.8 Å². The van der Waals surface area contributed by atoms with Crippen LogP contribution in [0.3, 0.4) is 0 Å². The number of imide groups is 1. The lowest BCUT2D eigenvalue weighted by Gasteiger charge is -2.18. The molecule has 3 aromatic rings. The Labute approximate surface area is 203 Å². The fourth-order valence-corrected chi connectivity index (χ4v) is 5.01. The molecule has 1 fully saturated rings. The van der Waals surface area contributed by atoms with Crippen LogP contribution in [-0.4, -0.2) is 48.1 Å². The van der Waals surface area contributed by atoms with Gasteiger partial charge in [0.1, 0.15) is 19.8 Å². The van der Waals surface area contributed by atoms with Gasteiger partial charge in [0.15, 0.2) is 16.3 Å². The number of rotatable bonds is 5. The molecule has 5 rings (SSSR count). The van der Waals surface area contributed by atoms with Crippen LogP contribution in [0.25, 0.3) is 10.2 Å². The zero-order valence-electron chi connectivity index (χ0n) is 18.8. The lowest BCUT2D eigenvalue weighted by atomic mass is 10.2. The Hall–Kier alpha value is -3.99. The predicted molar refractivity (Wildman–Crippen MR) is 126 cm³/mol. The van der Waals surface area contributed by atoms with Crippen LogP contribution in [-0.2, 0) is 25.7 Å². The monoisotopic (exact) mass is 495 g/mol. The number of fused-ring (bicyclic) bond motifs is 2. The second kappa shape index (κ2) is 9.34. The lowest BCUT2D eigenvalue weighted by Crippen LogP contribution is -2.28. The standard InChI is InChI=1S/C24H21N3O7S/c1-2-32-22(30)13-26-16-11-17-18(34-9-8-33-17)12-19(16)35-24(26)25-23(31)14-4-3-5-15(10-14)27-20(28)6-7-21(27)29/h3-5,10-12H,2,6-9,13H2,1H3. The molecule has 180 valence electrons. The van der Waals surface area contributed by atoms with Crippen molar-refractivity contribution in [3.63, 3.8) is 0 Å². The molecule has 1 aromatic heterocycles. The maximum absolute atomic E-state index is 13.1. The molecular formula is C24H21N3O7S. The third-order valence-corrected chi connectivity index (χ3v) is 6.58. The topological polar surface area (TPSA) is 116 Å². The summed E-state index contributed by atoms with van der Waals surface area (Å²) >= 11 is 1.22. The highest BCUT2D eigenvalue weighted by molar-refractivity contribution is 7.16. The summed E-state index contributed by atoms with van der Waals surface area (Å²) < 4.78 is 18.8. The summed E-state index contributed by atoms with van der Waals surface area (Å²) in [6, 6.07) is 9.78. The molecule has 3 amide bonds. The van der Waals surface area contributed by atoms with Crippen molar-refractivity contribution in [2.24, 2.45) is 4.99 Å². The van der Waals surface area contributed by atoms with E-state index >= 15 is 0 Å². The maximum Gasteiger partial charge on any atom is 0.326 e. The number of amides is 3. The summed E-state index contributed by atoms with van der Waals surface area (Å²) in [4.78, 5) is 55.3. The van der Waals surface area contributed by atoms with Crippen LogP contribution in [0.4, 0.5) is 5.69 Å². The van der Waals surface area contributed by atoms with Crippen molar-refractivity contribution in [3.05, 3.63) is 46.8 Å². The third-order valence-electron chi connectivity index (χ3n) is 5.54. The number of benzene rings is 2. The van der Waals surface area contributed by atoms with E-state index in [0.717, 1.165) is 9.60 Å². The fourth-order valence-electron chi connectivity index (χ4n) is 3.97. The summed E-state index contributed by atoms with van der Waals surface area (Å²) in [5.41, 5.74) is 1.19. The van der Waals surface area contributed by atoms with Crippen LogP contribution in [0, 0.1) is 0 Å². The van der Waals surface area contributed by atoms with Gasteiger partial charge in [-0.2, -0.15) is 4.99 Å². The number of carbonyl (C=O) groups excluding carboxylic acids is 4. The van der Waals surface area contributed by atoms with E-state index in [1.807, 2.05) is 0 Å². The first-order valence-corrected chi connectivity index (χ1v) is 11.9. The van der Waals surface area contributed by atoms with Gasteiger partial charge in [0.05, 0.1) is 22.5 Å². The van der Waals surface area contributed by atoms with E-state index in [1.165, 1.54) is 17.4 Å². The minimum atomic E-state index is -0.577. The number of hydrogen-bond donors (Lipinski definition) is 0. The van der Waals surface area contributed by atoms with Crippen LogP contribution >= 0.6 is 11.3 Å². The third kappa shape index (κ3) is 4.42. The first-order valence-electron chi connectivity index (χ1n) is 11.1. The summed E-state index contributed by atoms with van der Waals surface area (Å²) in [6.07, 6.45) is 0.295. The number of carbonyl (C=O) groups is 4. The molecule has 10 nitrogen and oxygen atoms in total. The number of esters is 1. The predicted octanol–water partition coefficient (Wildman–Crippen LogP) is 2.43. The Balaban J connectivity index is 1.57. The largest absolute Gasteiger partial charge is 0.486 e. The SMILES string of the molecule is CCOC(=O)Cn1c(=NC(=O)c2cccc(N3C(=O)CCC3=O)c2)sc2cc3c(cc21)OCCO3. The molecule has 1 saturated heterocycles. The normalized spacial score (nSPS) is 15.7. The van der Waals surface area contributed by atoms with Crippen LogP contribution in [0.2, 0.25) is 0 Å². The molecule has 2 aliphatic heterocycles.